The van der Waals surface area contributed by atoms with E-state index in [1.807, 2.05) is 0 Å². The molecule has 0 amide bonds. The summed E-state index contributed by atoms with van der Waals surface area (Å²) in [4.78, 5) is 0. The number of aliphatic hydroxyl groups excluding tert-OH is 1. The van der Waals surface area contributed by atoms with E-state index in [1.54, 1.807) is 0 Å². The highest BCUT2D eigenvalue weighted by molar-refractivity contribution is 6.03. The molecule has 3 aromatic rings. The van der Waals surface area contributed by atoms with Crippen molar-refractivity contribution in [3.05, 3.63) is 59.7 Å². The van der Waals surface area contributed by atoms with Gasteiger partial charge in [0.1, 0.15) is 0 Å². The Hall–Kier alpha value is -1.86. The first-order chi connectivity index (χ1) is 8.81. The topological polar surface area (TPSA) is 20.2 Å². The number of aryl methyl sites for hydroxylation is 1. The maximum absolute atomic E-state index is 9.33. The molecule has 0 saturated carbocycles. The van der Waals surface area contributed by atoms with Crippen LogP contribution in [0.5, 0.6) is 0 Å². The summed E-state index contributed by atoms with van der Waals surface area (Å²) in [5, 5.41) is 14.4. The normalized spacial score (nSPS) is 11.2. The van der Waals surface area contributed by atoms with Gasteiger partial charge in [0.15, 0.2) is 0 Å². The fourth-order valence-corrected chi connectivity index (χ4v) is 2.79. The Bertz CT molecular complexity index is 713. The highest BCUT2D eigenvalue weighted by atomic mass is 16.2. The van der Waals surface area contributed by atoms with Crippen molar-refractivity contribution in [3.63, 3.8) is 0 Å². The summed E-state index contributed by atoms with van der Waals surface area (Å²) in [7, 11) is 0. The van der Waals surface area contributed by atoms with E-state index >= 15 is 0 Å². The van der Waals surface area contributed by atoms with Gasteiger partial charge in [0.25, 0.3) is 0 Å². The molecule has 0 spiro atoms. The van der Waals surface area contributed by atoms with Crippen LogP contribution < -0.4 is 0 Å². The molecule has 0 radical (unpaired) electrons. The zero-order valence-corrected chi connectivity index (χ0v) is 10.5. The van der Waals surface area contributed by atoms with Crippen molar-refractivity contribution in [2.24, 2.45) is 0 Å². The molecule has 3 rings (SSSR count). The Labute approximate surface area is 107 Å². The van der Waals surface area contributed by atoms with Crippen molar-refractivity contribution in [1.29, 1.82) is 0 Å². The van der Waals surface area contributed by atoms with E-state index in [0.717, 1.165) is 0 Å². The third kappa shape index (κ3) is 1.68. The second-order valence-electron chi connectivity index (χ2n) is 4.72. The number of aliphatic hydroxyl groups is 1. The van der Waals surface area contributed by atoms with Gasteiger partial charge in [-0.15, -0.1) is 0 Å². The van der Waals surface area contributed by atoms with Crippen molar-refractivity contribution >= 4 is 21.5 Å². The molecule has 0 aromatic heterocycles. The predicted octanol–water partition coefficient (Wildman–Crippen LogP) is 3.84. The third-order valence-corrected chi connectivity index (χ3v) is 3.57. The molecule has 1 nitrogen and oxygen atoms in total. The first kappa shape index (κ1) is 11.2. The van der Waals surface area contributed by atoms with E-state index < -0.39 is 0 Å². The molecule has 1 heteroatoms. The van der Waals surface area contributed by atoms with Crippen LogP contribution in [0.25, 0.3) is 21.5 Å². The van der Waals surface area contributed by atoms with Gasteiger partial charge in [0, 0.05) is 6.61 Å². The quantitative estimate of drug-likeness (QED) is 0.670. The molecular formula is C17H16O. The summed E-state index contributed by atoms with van der Waals surface area (Å²) in [5.41, 5.74) is 2.55. The van der Waals surface area contributed by atoms with Crippen molar-refractivity contribution in [3.8, 4) is 0 Å². The lowest BCUT2D eigenvalue weighted by atomic mass is 9.92. The predicted molar refractivity (Wildman–Crippen MR) is 77.0 cm³/mol. The second kappa shape index (κ2) is 4.43. The molecule has 0 atom stereocenters. The van der Waals surface area contributed by atoms with Crippen LogP contribution in [0, 0.1) is 6.92 Å². The maximum Gasteiger partial charge on any atom is 0.0471 e. The van der Waals surface area contributed by atoms with E-state index in [-0.39, 0.29) is 6.61 Å². The summed E-state index contributed by atoms with van der Waals surface area (Å²) in [6.07, 6.45) is 0.711. The van der Waals surface area contributed by atoms with Gasteiger partial charge in [-0.05, 0) is 52.1 Å². The minimum Gasteiger partial charge on any atom is -0.396 e. The number of hydrogen-bond donors (Lipinski definition) is 1. The van der Waals surface area contributed by atoms with E-state index in [1.165, 1.54) is 32.7 Å². The minimum atomic E-state index is 0.192. The van der Waals surface area contributed by atoms with E-state index in [4.69, 9.17) is 0 Å². The van der Waals surface area contributed by atoms with Gasteiger partial charge in [-0.1, -0.05) is 42.5 Å². The molecule has 0 bridgehead atoms. The number of fused-ring (bicyclic) bond motifs is 2. The second-order valence-corrected chi connectivity index (χ2v) is 4.72. The fourth-order valence-electron chi connectivity index (χ4n) is 2.79. The van der Waals surface area contributed by atoms with Gasteiger partial charge >= 0.3 is 0 Å². The average molecular weight is 236 g/mol. The SMILES string of the molecule is Cc1cccc2cc3ccccc3c(CCO)c12. The maximum atomic E-state index is 9.33. The van der Waals surface area contributed by atoms with Crippen LogP contribution in [0.1, 0.15) is 11.1 Å². The lowest BCUT2D eigenvalue weighted by Crippen LogP contribution is -1.95. The van der Waals surface area contributed by atoms with Gasteiger partial charge in [-0.2, -0.15) is 0 Å². The average Bonchev–Trinajstić information content (AvgIpc) is 2.39. The number of benzene rings is 3. The highest BCUT2D eigenvalue weighted by Gasteiger charge is 2.08. The molecule has 0 aliphatic carbocycles. The summed E-state index contributed by atoms with van der Waals surface area (Å²) in [6, 6.07) is 17.0. The van der Waals surface area contributed by atoms with Crippen molar-refractivity contribution in [2.45, 2.75) is 13.3 Å². The Morgan fingerprint density at radius 1 is 0.944 bits per heavy atom. The van der Waals surface area contributed by atoms with Crippen LogP contribution in [0.15, 0.2) is 48.5 Å². The van der Waals surface area contributed by atoms with Crippen LogP contribution in [-0.2, 0) is 6.42 Å². The zero-order chi connectivity index (χ0) is 12.5. The number of rotatable bonds is 2. The smallest absolute Gasteiger partial charge is 0.0471 e. The first-order valence-electron chi connectivity index (χ1n) is 6.32. The Morgan fingerprint density at radius 3 is 2.56 bits per heavy atom. The summed E-state index contributed by atoms with van der Waals surface area (Å²) >= 11 is 0. The van der Waals surface area contributed by atoms with Crippen molar-refractivity contribution in [2.75, 3.05) is 6.61 Å². The zero-order valence-electron chi connectivity index (χ0n) is 10.5. The van der Waals surface area contributed by atoms with Gasteiger partial charge in [0.05, 0.1) is 0 Å². The molecule has 0 aliphatic heterocycles. The summed E-state index contributed by atoms with van der Waals surface area (Å²) in [5.74, 6) is 0. The molecule has 0 fully saturated rings. The minimum absolute atomic E-state index is 0.192. The molecule has 90 valence electrons. The van der Waals surface area contributed by atoms with Gasteiger partial charge in [0.2, 0.25) is 0 Å². The number of hydrogen-bond acceptors (Lipinski definition) is 1. The molecule has 0 unspecified atom stereocenters. The van der Waals surface area contributed by atoms with E-state index in [2.05, 4.69) is 55.5 Å². The molecule has 0 heterocycles. The summed E-state index contributed by atoms with van der Waals surface area (Å²) in [6.45, 7) is 2.33. The van der Waals surface area contributed by atoms with Crippen LogP contribution in [0.2, 0.25) is 0 Å². The molecule has 18 heavy (non-hydrogen) atoms. The van der Waals surface area contributed by atoms with E-state index in [0.29, 0.717) is 6.42 Å². The molecular weight excluding hydrogens is 220 g/mol. The summed E-state index contributed by atoms with van der Waals surface area (Å²) < 4.78 is 0. The van der Waals surface area contributed by atoms with Crippen LogP contribution in [-0.4, -0.2) is 11.7 Å². The van der Waals surface area contributed by atoms with Crippen LogP contribution >= 0.6 is 0 Å². The fraction of sp³-hybridized carbons (Fsp3) is 0.176. The molecule has 0 aliphatic rings. The highest BCUT2D eigenvalue weighted by Crippen LogP contribution is 2.30. The standard InChI is InChI=1S/C17H16O/c1-12-5-4-7-14-11-13-6-2-3-8-15(13)16(9-10-18)17(12)14/h2-8,11,18H,9-10H2,1H3. The lowest BCUT2D eigenvalue weighted by molar-refractivity contribution is 0.300. The van der Waals surface area contributed by atoms with Gasteiger partial charge in [-0.25, -0.2) is 0 Å². The Balaban J connectivity index is 2.51. The Morgan fingerprint density at radius 2 is 1.72 bits per heavy atom. The largest absolute Gasteiger partial charge is 0.396 e. The molecule has 0 saturated heterocycles. The van der Waals surface area contributed by atoms with Gasteiger partial charge in [-0.3, -0.25) is 0 Å². The Kier molecular flexibility index (Phi) is 2.77. The van der Waals surface area contributed by atoms with Crippen LogP contribution in [0.3, 0.4) is 0 Å². The first-order valence-corrected chi connectivity index (χ1v) is 6.32. The lowest BCUT2D eigenvalue weighted by Gasteiger charge is -2.12. The monoisotopic (exact) mass is 236 g/mol. The molecule has 1 N–H and O–H groups in total. The van der Waals surface area contributed by atoms with Crippen molar-refractivity contribution in [1.82, 2.24) is 0 Å². The van der Waals surface area contributed by atoms with E-state index in [9.17, 15) is 5.11 Å². The van der Waals surface area contributed by atoms with Crippen molar-refractivity contribution < 1.29 is 5.11 Å². The van der Waals surface area contributed by atoms with Crippen LogP contribution in [0.4, 0.5) is 0 Å². The van der Waals surface area contributed by atoms with Gasteiger partial charge < -0.3 is 5.11 Å². The third-order valence-electron chi connectivity index (χ3n) is 3.57. The molecule has 3 aromatic carbocycles.